The molecular formula is C12H14FN. The van der Waals surface area contributed by atoms with Gasteiger partial charge >= 0.3 is 0 Å². The Kier molecular flexibility index (Phi) is 1.88. The van der Waals surface area contributed by atoms with Crippen molar-refractivity contribution in [2.45, 2.75) is 26.2 Å². The van der Waals surface area contributed by atoms with E-state index in [1.54, 1.807) is 6.07 Å². The minimum Gasteiger partial charge on any atom is -0.361 e. The first-order chi connectivity index (χ1) is 6.50. The van der Waals surface area contributed by atoms with E-state index in [1.807, 2.05) is 12.3 Å². The average Bonchev–Trinajstić information content (AvgIpc) is 2.47. The molecule has 0 radical (unpaired) electrons. The minimum atomic E-state index is -0.145. The highest BCUT2D eigenvalue weighted by molar-refractivity contribution is 5.84. The van der Waals surface area contributed by atoms with Gasteiger partial charge in [-0.05, 0) is 23.1 Å². The van der Waals surface area contributed by atoms with Gasteiger partial charge in [-0.15, -0.1) is 0 Å². The second kappa shape index (κ2) is 2.84. The van der Waals surface area contributed by atoms with Crippen LogP contribution < -0.4 is 0 Å². The van der Waals surface area contributed by atoms with Crippen molar-refractivity contribution >= 4 is 10.9 Å². The van der Waals surface area contributed by atoms with Crippen LogP contribution in [-0.4, -0.2) is 4.98 Å². The van der Waals surface area contributed by atoms with Crippen molar-refractivity contribution in [1.82, 2.24) is 4.98 Å². The van der Waals surface area contributed by atoms with Crippen LogP contribution in [0, 0.1) is 5.82 Å². The zero-order valence-electron chi connectivity index (χ0n) is 8.69. The van der Waals surface area contributed by atoms with Gasteiger partial charge in [-0.25, -0.2) is 4.39 Å². The van der Waals surface area contributed by atoms with Gasteiger partial charge in [0.2, 0.25) is 0 Å². The van der Waals surface area contributed by atoms with Crippen LogP contribution in [0.3, 0.4) is 0 Å². The summed E-state index contributed by atoms with van der Waals surface area (Å²) in [6.07, 6.45) is 1.90. The van der Waals surface area contributed by atoms with Crippen molar-refractivity contribution in [2.75, 3.05) is 0 Å². The molecule has 74 valence electrons. The summed E-state index contributed by atoms with van der Waals surface area (Å²) < 4.78 is 13.6. The number of fused-ring (bicyclic) bond motifs is 1. The summed E-state index contributed by atoms with van der Waals surface area (Å²) >= 11 is 0. The molecule has 0 fully saturated rings. The third-order valence-corrected chi connectivity index (χ3v) is 2.46. The van der Waals surface area contributed by atoms with Crippen molar-refractivity contribution in [1.29, 1.82) is 0 Å². The van der Waals surface area contributed by atoms with Gasteiger partial charge < -0.3 is 4.98 Å². The number of aromatic amines is 1. The number of halogens is 1. The van der Waals surface area contributed by atoms with Gasteiger partial charge in [-0.1, -0.05) is 26.8 Å². The number of nitrogens with one attached hydrogen (secondary N) is 1. The maximum absolute atomic E-state index is 13.6. The molecule has 0 atom stereocenters. The predicted octanol–water partition coefficient (Wildman–Crippen LogP) is 3.60. The Balaban J connectivity index is 2.80. The summed E-state index contributed by atoms with van der Waals surface area (Å²) in [5, 5.41) is 0.722. The van der Waals surface area contributed by atoms with Gasteiger partial charge in [0, 0.05) is 17.1 Å². The van der Waals surface area contributed by atoms with E-state index in [4.69, 9.17) is 0 Å². The number of H-pyrrole nitrogens is 1. The van der Waals surface area contributed by atoms with Gasteiger partial charge in [0.1, 0.15) is 5.82 Å². The molecule has 2 rings (SSSR count). The largest absolute Gasteiger partial charge is 0.361 e. The fourth-order valence-electron chi connectivity index (χ4n) is 1.73. The van der Waals surface area contributed by atoms with E-state index >= 15 is 0 Å². The molecule has 2 aromatic rings. The first-order valence-electron chi connectivity index (χ1n) is 4.76. The molecule has 0 saturated carbocycles. The summed E-state index contributed by atoms with van der Waals surface area (Å²) in [6, 6.07) is 5.12. The monoisotopic (exact) mass is 191 g/mol. The van der Waals surface area contributed by atoms with E-state index in [1.165, 1.54) is 6.07 Å². The molecule has 2 heteroatoms. The van der Waals surface area contributed by atoms with Crippen LogP contribution in [0.5, 0.6) is 0 Å². The van der Waals surface area contributed by atoms with Crippen molar-refractivity contribution in [3.8, 4) is 0 Å². The predicted molar refractivity (Wildman–Crippen MR) is 57.0 cm³/mol. The van der Waals surface area contributed by atoms with Crippen molar-refractivity contribution in [2.24, 2.45) is 0 Å². The fraction of sp³-hybridized carbons (Fsp3) is 0.333. The molecule has 0 bridgehead atoms. The Morgan fingerprint density at radius 1 is 1.21 bits per heavy atom. The Morgan fingerprint density at radius 2 is 1.93 bits per heavy atom. The highest BCUT2D eigenvalue weighted by Crippen LogP contribution is 2.31. The van der Waals surface area contributed by atoms with Crippen molar-refractivity contribution in [3.05, 3.63) is 35.8 Å². The number of benzene rings is 1. The van der Waals surface area contributed by atoms with Gasteiger partial charge in [0.05, 0.1) is 0 Å². The van der Waals surface area contributed by atoms with Crippen molar-refractivity contribution < 1.29 is 4.39 Å². The van der Waals surface area contributed by atoms with Crippen LogP contribution in [0.1, 0.15) is 26.3 Å². The second-order valence-electron chi connectivity index (χ2n) is 4.61. The molecule has 0 aliphatic rings. The molecule has 14 heavy (non-hydrogen) atoms. The van der Waals surface area contributed by atoms with Crippen LogP contribution in [0.15, 0.2) is 24.4 Å². The molecule has 1 aromatic carbocycles. The van der Waals surface area contributed by atoms with E-state index < -0.39 is 0 Å². The molecule has 1 aromatic heterocycles. The molecule has 0 amide bonds. The first-order valence-corrected chi connectivity index (χ1v) is 4.76. The fourth-order valence-corrected chi connectivity index (χ4v) is 1.73. The van der Waals surface area contributed by atoms with E-state index in [0.717, 1.165) is 16.5 Å². The van der Waals surface area contributed by atoms with E-state index in [-0.39, 0.29) is 11.2 Å². The van der Waals surface area contributed by atoms with Gasteiger partial charge in [-0.2, -0.15) is 0 Å². The van der Waals surface area contributed by atoms with Crippen molar-refractivity contribution in [3.63, 3.8) is 0 Å². The van der Waals surface area contributed by atoms with Crippen LogP contribution in [-0.2, 0) is 5.41 Å². The Bertz CT molecular complexity index is 463. The molecule has 0 aliphatic heterocycles. The van der Waals surface area contributed by atoms with E-state index in [9.17, 15) is 4.39 Å². The standard InChI is InChI=1S/C12H14FN/c1-12(2,3)8-7-14-10-6-4-5-9(13)11(8)10/h4-7,14H,1-3H3. The highest BCUT2D eigenvalue weighted by atomic mass is 19.1. The highest BCUT2D eigenvalue weighted by Gasteiger charge is 2.19. The van der Waals surface area contributed by atoms with Gasteiger partial charge in [-0.3, -0.25) is 0 Å². The lowest BCUT2D eigenvalue weighted by Gasteiger charge is -2.17. The molecule has 1 heterocycles. The average molecular weight is 191 g/mol. The number of aromatic nitrogens is 1. The van der Waals surface area contributed by atoms with Crippen LogP contribution in [0.2, 0.25) is 0 Å². The maximum atomic E-state index is 13.6. The molecule has 0 aliphatic carbocycles. The molecule has 1 nitrogen and oxygen atoms in total. The summed E-state index contributed by atoms with van der Waals surface area (Å²) in [4.78, 5) is 3.10. The number of rotatable bonds is 0. The van der Waals surface area contributed by atoms with Crippen LogP contribution in [0.25, 0.3) is 10.9 Å². The first kappa shape index (κ1) is 9.25. The summed E-state index contributed by atoms with van der Waals surface area (Å²) in [7, 11) is 0. The molecular weight excluding hydrogens is 177 g/mol. The SMILES string of the molecule is CC(C)(C)c1c[nH]c2cccc(F)c12. The lowest BCUT2D eigenvalue weighted by molar-refractivity contribution is 0.587. The zero-order valence-corrected chi connectivity index (χ0v) is 8.69. The lowest BCUT2D eigenvalue weighted by Crippen LogP contribution is -2.10. The molecule has 0 unspecified atom stereocenters. The normalized spacial score (nSPS) is 12.3. The van der Waals surface area contributed by atoms with E-state index in [0.29, 0.717) is 0 Å². The Hall–Kier alpha value is -1.31. The number of hydrogen-bond donors (Lipinski definition) is 1. The Labute approximate surface area is 82.9 Å². The molecule has 0 saturated heterocycles. The summed E-state index contributed by atoms with van der Waals surface area (Å²) in [6.45, 7) is 6.26. The third-order valence-electron chi connectivity index (χ3n) is 2.46. The van der Waals surface area contributed by atoms with Gasteiger partial charge in [0.15, 0.2) is 0 Å². The third kappa shape index (κ3) is 1.31. The van der Waals surface area contributed by atoms with Gasteiger partial charge in [0.25, 0.3) is 0 Å². The molecule has 1 N–H and O–H groups in total. The second-order valence-corrected chi connectivity index (χ2v) is 4.61. The van der Waals surface area contributed by atoms with E-state index in [2.05, 4.69) is 25.8 Å². The molecule has 0 spiro atoms. The maximum Gasteiger partial charge on any atom is 0.132 e. The number of hydrogen-bond acceptors (Lipinski definition) is 0. The topological polar surface area (TPSA) is 15.8 Å². The summed E-state index contributed by atoms with van der Waals surface area (Å²) in [5.74, 6) is -0.145. The summed E-state index contributed by atoms with van der Waals surface area (Å²) in [5.41, 5.74) is 1.88. The quantitative estimate of drug-likeness (QED) is 0.654. The zero-order chi connectivity index (χ0) is 10.3. The minimum absolute atomic E-state index is 0.0273. The van der Waals surface area contributed by atoms with Crippen LogP contribution >= 0.6 is 0 Å². The smallest absolute Gasteiger partial charge is 0.132 e. The van der Waals surface area contributed by atoms with Crippen LogP contribution in [0.4, 0.5) is 4.39 Å². The Morgan fingerprint density at radius 3 is 2.57 bits per heavy atom. The lowest BCUT2D eigenvalue weighted by atomic mass is 9.87.